The van der Waals surface area contributed by atoms with Crippen molar-refractivity contribution in [3.05, 3.63) is 116 Å². The first-order chi connectivity index (χ1) is 17.6. The summed E-state index contributed by atoms with van der Waals surface area (Å²) in [6, 6.07) is 19.1. The molecule has 0 unspecified atom stereocenters. The van der Waals surface area contributed by atoms with Gasteiger partial charge in [-0.1, -0.05) is 48.0 Å². The van der Waals surface area contributed by atoms with Crippen LogP contribution in [0.5, 0.6) is 5.75 Å². The molecule has 0 fully saturated rings. The summed E-state index contributed by atoms with van der Waals surface area (Å²) in [7, 11) is 1.56. The quantitative estimate of drug-likeness (QED) is 0.369. The first-order valence-electron chi connectivity index (χ1n) is 11.5. The number of halogens is 3. The van der Waals surface area contributed by atoms with Crippen LogP contribution in [0.15, 0.2) is 82.4 Å². The molecule has 0 bridgehead atoms. The van der Waals surface area contributed by atoms with Crippen LogP contribution in [0.25, 0.3) is 0 Å². The maximum absolute atomic E-state index is 13.5. The highest BCUT2D eigenvalue weighted by molar-refractivity contribution is 5.55. The number of nitrogens with zero attached hydrogens (tertiary/aromatic N) is 3. The van der Waals surface area contributed by atoms with Crippen LogP contribution >= 0.6 is 0 Å². The Morgan fingerprint density at radius 1 is 0.919 bits per heavy atom. The van der Waals surface area contributed by atoms with Crippen LogP contribution in [0, 0.1) is 6.92 Å². The van der Waals surface area contributed by atoms with Crippen LogP contribution in [-0.4, -0.2) is 21.2 Å². The number of nitrogens with one attached hydrogen (secondary N) is 1. The molecule has 10 heteroatoms. The molecule has 4 aromatic rings. The lowest BCUT2D eigenvalue weighted by atomic mass is 10.1. The highest BCUT2D eigenvalue weighted by Crippen LogP contribution is 2.31. The fourth-order valence-electron chi connectivity index (χ4n) is 3.77. The Hall–Kier alpha value is -4.34. The zero-order valence-electron chi connectivity index (χ0n) is 20.2. The third-order valence-corrected chi connectivity index (χ3v) is 5.84. The van der Waals surface area contributed by atoms with Crippen molar-refractivity contribution in [2.75, 3.05) is 12.4 Å². The van der Waals surface area contributed by atoms with Crippen LogP contribution in [0.4, 0.5) is 24.8 Å². The van der Waals surface area contributed by atoms with Crippen molar-refractivity contribution in [2.45, 2.75) is 32.6 Å². The van der Waals surface area contributed by atoms with Gasteiger partial charge in [-0.25, -0.2) is 14.2 Å². The maximum Gasteiger partial charge on any atom is 0.416 e. The molecular weight excluding hydrogens is 485 g/mol. The number of methoxy groups -OCH3 is 1. The van der Waals surface area contributed by atoms with Crippen molar-refractivity contribution in [2.24, 2.45) is 0 Å². The third-order valence-electron chi connectivity index (χ3n) is 5.84. The van der Waals surface area contributed by atoms with Gasteiger partial charge in [-0.2, -0.15) is 18.2 Å². The van der Waals surface area contributed by atoms with E-state index in [1.807, 2.05) is 43.3 Å². The average molecular weight is 511 g/mol. The van der Waals surface area contributed by atoms with E-state index >= 15 is 0 Å². The highest BCUT2D eigenvalue weighted by Gasteiger charge is 2.30. The summed E-state index contributed by atoms with van der Waals surface area (Å²) < 4.78 is 47.0. The molecule has 0 aliphatic heterocycles. The molecule has 0 aliphatic rings. The number of alkyl halides is 3. The SMILES string of the molecule is COc1ccc(CCn2c(Nc3cccc(C(F)(F)F)c3)nc(=O)n(Cc3ccc(C)cc3)c2=O)cc1. The van der Waals surface area contributed by atoms with Gasteiger partial charge in [0.2, 0.25) is 5.95 Å². The molecule has 0 spiro atoms. The van der Waals surface area contributed by atoms with Gasteiger partial charge < -0.3 is 10.1 Å². The number of anilines is 2. The van der Waals surface area contributed by atoms with E-state index in [0.29, 0.717) is 12.2 Å². The van der Waals surface area contributed by atoms with Crippen molar-refractivity contribution in [1.29, 1.82) is 0 Å². The molecular formula is C27H25F3N4O3. The van der Waals surface area contributed by atoms with Crippen molar-refractivity contribution in [3.8, 4) is 5.75 Å². The van der Waals surface area contributed by atoms with Crippen LogP contribution in [-0.2, 0) is 25.7 Å². The Morgan fingerprint density at radius 2 is 1.59 bits per heavy atom. The topological polar surface area (TPSA) is 78.2 Å². The summed E-state index contributed by atoms with van der Waals surface area (Å²) in [5, 5.41) is 2.74. The van der Waals surface area contributed by atoms with Crippen LogP contribution in [0.3, 0.4) is 0 Å². The summed E-state index contributed by atoms with van der Waals surface area (Å²) in [6.07, 6.45) is -4.14. The van der Waals surface area contributed by atoms with E-state index < -0.39 is 23.1 Å². The summed E-state index contributed by atoms with van der Waals surface area (Å²) in [5.41, 5.74) is 0.435. The molecule has 0 amide bonds. The van der Waals surface area contributed by atoms with Gasteiger partial charge in [0, 0.05) is 12.2 Å². The standard InChI is InChI=1S/C27H25F3N4O3/c1-18-6-8-20(9-7-18)17-34-25(35)32-24(31-22-5-3-4-21(16-22)27(28,29)30)33(26(34)36)15-14-19-10-12-23(37-2)13-11-19/h3-13,16H,14-15,17H2,1-2H3,(H,31,32,35). The van der Waals surface area contributed by atoms with E-state index in [9.17, 15) is 22.8 Å². The monoisotopic (exact) mass is 510 g/mol. The lowest BCUT2D eigenvalue weighted by Crippen LogP contribution is -2.43. The molecule has 3 aromatic carbocycles. The molecule has 7 nitrogen and oxygen atoms in total. The second kappa shape index (κ2) is 10.7. The van der Waals surface area contributed by atoms with Crippen LogP contribution in [0.1, 0.15) is 22.3 Å². The Labute approximate surface area is 210 Å². The number of rotatable bonds is 8. The largest absolute Gasteiger partial charge is 0.497 e. The van der Waals surface area contributed by atoms with Gasteiger partial charge in [-0.15, -0.1) is 0 Å². The Balaban J connectivity index is 1.72. The smallest absolute Gasteiger partial charge is 0.416 e. The van der Waals surface area contributed by atoms with E-state index in [1.54, 1.807) is 19.2 Å². The predicted molar refractivity (Wildman–Crippen MR) is 134 cm³/mol. The maximum atomic E-state index is 13.5. The number of benzene rings is 3. The predicted octanol–water partition coefficient (Wildman–Crippen LogP) is 4.78. The molecule has 0 aliphatic carbocycles. The zero-order valence-corrected chi connectivity index (χ0v) is 20.2. The summed E-state index contributed by atoms with van der Waals surface area (Å²) >= 11 is 0. The van der Waals surface area contributed by atoms with Gasteiger partial charge >= 0.3 is 17.6 Å². The minimum Gasteiger partial charge on any atom is -0.497 e. The molecule has 1 N–H and O–H groups in total. The fourth-order valence-corrected chi connectivity index (χ4v) is 3.77. The van der Waals surface area contributed by atoms with E-state index in [4.69, 9.17) is 4.74 Å². The summed E-state index contributed by atoms with van der Waals surface area (Å²) in [6.45, 7) is 2.07. The zero-order chi connectivity index (χ0) is 26.6. The normalized spacial score (nSPS) is 11.4. The van der Waals surface area contributed by atoms with Crippen LogP contribution in [0.2, 0.25) is 0 Å². The Morgan fingerprint density at radius 3 is 2.24 bits per heavy atom. The van der Waals surface area contributed by atoms with Gasteiger partial charge in [0.15, 0.2) is 0 Å². The minimum atomic E-state index is -4.55. The minimum absolute atomic E-state index is 0.0112. The molecule has 0 atom stereocenters. The van der Waals surface area contributed by atoms with Crippen LogP contribution < -0.4 is 21.4 Å². The molecule has 0 radical (unpaired) electrons. The summed E-state index contributed by atoms with van der Waals surface area (Å²) in [4.78, 5) is 30.3. The second-order valence-electron chi connectivity index (χ2n) is 8.53. The number of aryl methyl sites for hydroxylation is 2. The molecule has 0 saturated heterocycles. The molecule has 4 rings (SSSR count). The molecule has 0 saturated carbocycles. The van der Waals surface area contributed by atoms with Crippen molar-refractivity contribution in [1.82, 2.24) is 14.1 Å². The number of ether oxygens (including phenoxy) is 1. The van der Waals surface area contributed by atoms with E-state index in [-0.39, 0.29) is 24.7 Å². The van der Waals surface area contributed by atoms with E-state index in [0.717, 1.165) is 33.4 Å². The van der Waals surface area contributed by atoms with Crippen molar-refractivity contribution in [3.63, 3.8) is 0 Å². The van der Waals surface area contributed by atoms with E-state index in [2.05, 4.69) is 10.3 Å². The molecule has 37 heavy (non-hydrogen) atoms. The number of hydrogen-bond donors (Lipinski definition) is 1. The first-order valence-corrected chi connectivity index (χ1v) is 11.5. The highest BCUT2D eigenvalue weighted by atomic mass is 19.4. The average Bonchev–Trinajstić information content (AvgIpc) is 2.87. The molecule has 192 valence electrons. The Kier molecular flexibility index (Phi) is 7.47. The van der Waals surface area contributed by atoms with Gasteiger partial charge in [0.05, 0.1) is 19.2 Å². The van der Waals surface area contributed by atoms with Gasteiger partial charge in [-0.05, 0) is 54.8 Å². The Bertz CT molecular complexity index is 1490. The van der Waals surface area contributed by atoms with E-state index in [1.165, 1.54) is 16.7 Å². The van der Waals surface area contributed by atoms with Crippen molar-refractivity contribution >= 4 is 11.6 Å². The van der Waals surface area contributed by atoms with Gasteiger partial charge in [0.25, 0.3) is 0 Å². The molecule has 1 aromatic heterocycles. The lowest BCUT2D eigenvalue weighted by molar-refractivity contribution is -0.137. The van der Waals surface area contributed by atoms with Crippen molar-refractivity contribution < 1.29 is 17.9 Å². The van der Waals surface area contributed by atoms with Gasteiger partial charge in [0.1, 0.15) is 5.75 Å². The molecule has 1 heterocycles. The third kappa shape index (κ3) is 6.27. The summed E-state index contributed by atoms with van der Waals surface area (Å²) in [5.74, 6) is 0.545. The lowest BCUT2D eigenvalue weighted by Gasteiger charge is -2.16. The fraction of sp³-hybridized carbons (Fsp3) is 0.222. The second-order valence-corrected chi connectivity index (χ2v) is 8.53. The first kappa shape index (κ1) is 25.7. The van der Waals surface area contributed by atoms with Gasteiger partial charge in [-0.3, -0.25) is 4.57 Å². The number of hydrogen-bond acceptors (Lipinski definition) is 5. The number of aromatic nitrogens is 3.